The van der Waals surface area contributed by atoms with Crippen molar-refractivity contribution in [2.75, 3.05) is 0 Å². The van der Waals surface area contributed by atoms with Crippen LogP contribution in [0.5, 0.6) is 0 Å². The number of hydrogen-bond acceptors (Lipinski definition) is 4. The van der Waals surface area contributed by atoms with Gasteiger partial charge in [0.2, 0.25) is 0 Å². The molecule has 3 rings (SSSR count). The van der Waals surface area contributed by atoms with Gasteiger partial charge in [0.25, 0.3) is 0 Å². The number of hydrogen-bond donors (Lipinski definition) is 5. The molecule has 26 heavy (non-hydrogen) atoms. The smallest absolute Gasteiger partial charge is 0.323 e. The van der Waals surface area contributed by atoms with Gasteiger partial charge >= 0.3 is 18.7 Å². The maximum Gasteiger partial charge on any atom is 0.346 e. The van der Waals surface area contributed by atoms with E-state index in [9.17, 15) is 23.9 Å². The molecular weight excluding hydrogens is 425 g/mol. The normalized spacial score (nSPS) is 12.5. The summed E-state index contributed by atoms with van der Waals surface area (Å²) in [6.45, 7) is 0.223. The minimum atomic E-state index is -4.59. The maximum absolute atomic E-state index is 12.0. The van der Waals surface area contributed by atoms with Gasteiger partial charge < -0.3 is 19.8 Å². The predicted molar refractivity (Wildman–Crippen MR) is 104 cm³/mol. The van der Waals surface area contributed by atoms with Gasteiger partial charge in [-0.25, -0.2) is 0 Å². The summed E-state index contributed by atoms with van der Waals surface area (Å²) in [5.41, 5.74) is -0.177. The van der Waals surface area contributed by atoms with E-state index in [0.29, 0.717) is 5.52 Å². The molecule has 1 unspecified atom stereocenters. The molecule has 0 spiro atoms. The number of H-pyrrole nitrogens is 2. The van der Waals surface area contributed by atoms with Crippen molar-refractivity contribution in [3.63, 3.8) is 0 Å². The van der Waals surface area contributed by atoms with Crippen LogP contribution >= 0.6 is 24.6 Å². The molecule has 0 fully saturated rings. The highest BCUT2D eigenvalue weighted by atomic mass is 79.9. The summed E-state index contributed by atoms with van der Waals surface area (Å²) in [5, 5.41) is 2.84. The molecule has 5 N–H and O–H groups in total. The Kier molecular flexibility index (Phi) is 6.33. The van der Waals surface area contributed by atoms with Gasteiger partial charge in [0.05, 0.1) is 11.0 Å². The highest BCUT2D eigenvalue weighted by Gasteiger charge is 2.31. The van der Waals surface area contributed by atoms with Crippen molar-refractivity contribution in [2.24, 2.45) is 0 Å². The summed E-state index contributed by atoms with van der Waals surface area (Å²) in [4.78, 5) is 47.4. The first-order valence-electron chi connectivity index (χ1n) is 7.44. The minimum Gasteiger partial charge on any atom is -0.323 e. The van der Waals surface area contributed by atoms with Crippen LogP contribution in [0.1, 0.15) is 16.9 Å². The Labute approximate surface area is 158 Å². The van der Waals surface area contributed by atoms with E-state index in [2.05, 4.69) is 15.3 Å². The highest BCUT2D eigenvalue weighted by Crippen LogP contribution is 2.51. The van der Waals surface area contributed by atoms with E-state index in [-0.39, 0.29) is 34.6 Å². The Morgan fingerprint density at radius 2 is 1.62 bits per heavy atom. The molecule has 0 saturated carbocycles. The second-order valence-corrected chi connectivity index (χ2v) is 7.23. The molecule has 0 bridgehead atoms. The van der Waals surface area contributed by atoms with E-state index in [0.717, 1.165) is 5.56 Å². The summed E-state index contributed by atoms with van der Waals surface area (Å²) < 4.78 is 12.0. The van der Waals surface area contributed by atoms with E-state index < -0.39 is 24.5 Å². The Bertz CT molecular complexity index is 1060. The highest BCUT2D eigenvalue weighted by molar-refractivity contribution is 8.93. The Balaban J connectivity index is 0.00000243. The SMILES string of the molecule is Br.O=c1[nH]c2cccc(C(NCc3ccccc3)P(=O)(O)O)c2[nH]c1=O. The first-order chi connectivity index (χ1) is 11.9. The van der Waals surface area contributed by atoms with Gasteiger partial charge in [0.1, 0.15) is 5.78 Å². The van der Waals surface area contributed by atoms with Crippen LogP contribution in [0.4, 0.5) is 0 Å². The van der Waals surface area contributed by atoms with Crippen molar-refractivity contribution in [3.05, 3.63) is 80.4 Å². The fourth-order valence-electron chi connectivity index (χ4n) is 2.61. The lowest BCUT2D eigenvalue weighted by atomic mass is 10.1. The van der Waals surface area contributed by atoms with Crippen LogP contribution in [0.2, 0.25) is 0 Å². The van der Waals surface area contributed by atoms with Crippen LogP contribution in [0.25, 0.3) is 11.0 Å². The maximum atomic E-state index is 12.0. The molecule has 0 aliphatic rings. The van der Waals surface area contributed by atoms with E-state index in [1.54, 1.807) is 12.1 Å². The van der Waals surface area contributed by atoms with Crippen molar-refractivity contribution in [2.45, 2.75) is 12.3 Å². The molecule has 1 heterocycles. The third-order valence-corrected chi connectivity index (χ3v) is 4.90. The number of aromatic nitrogens is 2. The molecule has 0 aliphatic heterocycles. The molecule has 3 aromatic rings. The first kappa shape index (κ1) is 20.3. The minimum absolute atomic E-state index is 0. The van der Waals surface area contributed by atoms with Crippen LogP contribution in [0, 0.1) is 0 Å². The van der Waals surface area contributed by atoms with Crippen LogP contribution in [0.15, 0.2) is 58.1 Å². The first-order valence-corrected chi connectivity index (χ1v) is 9.12. The second-order valence-electron chi connectivity index (χ2n) is 5.54. The number of para-hydroxylation sites is 1. The Morgan fingerprint density at radius 1 is 0.962 bits per heavy atom. The summed E-state index contributed by atoms with van der Waals surface area (Å²) in [6, 6.07) is 13.7. The van der Waals surface area contributed by atoms with Crippen molar-refractivity contribution in [1.29, 1.82) is 0 Å². The number of fused-ring (bicyclic) bond motifs is 1. The predicted octanol–water partition coefficient (Wildman–Crippen LogP) is 1.76. The number of rotatable bonds is 5. The lowest BCUT2D eigenvalue weighted by Crippen LogP contribution is -2.30. The fraction of sp³-hybridized carbons (Fsp3) is 0.125. The summed E-state index contributed by atoms with van der Waals surface area (Å²) >= 11 is 0. The van der Waals surface area contributed by atoms with E-state index in [4.69, 9.17) is 0 Å². The Hall–Kier alpha value is -2.03. The van der Waals surface area contributed by atoms with Gasteiger partial charge in [-0.1, -0.05) is 42.5 Å². The lowest BCUT2D eigenvalue weighted by Gasteiger charge is -2.21. The topological polar surface area (TPSA) is 135 Å². The number of benzene rings is 2. The molecule has 0 saturated heterocycles. The van der Waals surface area contributed by atoms with Crippen molar-refractivity contribution in [3.8, 4) is 0 Å². The Morgan fingerprint density at radius 3 is 2.27 bits per heavy atom. The zero-order chi connectivity index (χ0) is 18.0. The van der Waals surface area contributed by atoms with Crippen molar-refractivity contribution < 1.29 is 14.4 Å². The average Bonchev–Trinajstić information content (AvgIpc) is 2.56. The number of halogens is 1. The van der Waals surface area contributed by atoms with Gasteiger partial charge in [0, 0.05) is 12.1 Å². The third kappa shape index (κ3) is 4.38. The lowest BCUT2D eigenvalue weighted by molar-refractivity contribution is 0.347. The molecule has 8 nitrogen and oxygen atoms in total. The molecule has 0 aliphatic carbocycles. The second kappa shape index (κ2) is 8.11. The summed E-state index contributed by atoms with van der Waals surface area (Å²) in [7, 11) is -4.59. The third-order valence-electron chi connectivity index (χ3n) is 3.76. The quantitative estimate of drug-likeness (QED) is 0.302. The monoisotopic (exact) mass is 441 g/mol. The largest absolute Gasteiger partial charge is 0.346 e. The summed E-state index contributed by atoms with van der Waals surface area (Å²) in [6.07, 6.45) is 0. The van der Waals surface area contributed by atoms with Crippen LogP contribution < -0.4 is 16.4 Å². The molecule has 2 aromatic carbocycles. The fourth-order valence-corrected chi connectivity index (χ4v) is 3.52. The molecule has 0 amide bonds. The molecule has 1 atom stereocenters. The molecule has 1 aromatic heterocycles. The van der Waals surface area contributed by atoms with Crippen molar-refractivity contribution in [1.82, 2.24) is 15.3 Å². The van der Waals surface area contributed by atoms with Gasteiger partial charge in [-0.2, -0.15) is 0 Å². The number of aromatic amines is 2. The van der Waals surface area contributed by atoms with E-state index in [1.807, 2.05) is 30.3 Å². The average molecular weight is 442 g/mol. The standard InChI is InChI=1S/C16H16N3O5P.BrH/c20-14-15(21)19-13-11(7-4-8-12(13)18-14)16(25(22,23)24)17-9-10-5-2-1-3-6-10;/h1-8,16-17H,9H2,(H,18,20)(H,19,21)(H2,22,23,24);1H. The van der Waals surface area contributed by atoms with Crippen molar-refractivity contribution >= 4 is 35.6 Å². The van der Waals surface area contributed by atoms with Crippen LogP contribution in [-0.4, -0.2) is 19.8 Å². The molecule has 138 valence electrons. The van der Waals surface area contributed by atoms with Crippen LogP contribution in [-0.2, 0) is 11.1 Å². The molecule has 0 radical (unpaired) electrons. The number of nitrogens with one attached hydrogen (secondary N) is 3. The van der Waals surface area contributed by atoms with E-state index in [1.165, 1.54) is 6.07 Å². The van der Waals surface area contributed by atoms with Crippen LogP contribution in [0.3, 0.4) is 0 Å². The molecular formula is C16H17BrN3O5P. The van der Waals surface area contributed by atoms with Gasteiger partial charge in [-0.15, -0.1) is 17.0 Å². The summed E-state index contributed by atoms with van der Waals surface area (Å²) in [5.74, 6) is -1.34. The zero-order valence-corrected chi connectivity index (χ0v) is 16.0. The van der Waals surface area contributed by atoms with Gasteiger partial charge in [-0.3, -0.25) is 19.5 Å². The molecule has 10 heteroatoms. The van der Waals surface area contributed by atoms with Gasteiger partial charge in [-0.05, 0) is 11.6 Å². The zero-order valence-electron chi connectivity index (χ0n) is 13.4. The van der Waals surface area contributed by atoms with Gasteiger partial charge in [0.15, 0.2) is 0 Å². The van der Waals surface area contributed by atoms with E-state index >= 15 is 0 Å².